The largest absolute Gasteiger partial charge is 0.282 e. The third kappa shape index (κ3) is 2.15. The third-order valence-corrected chi connectivity index (χ3v) is 2.67. The molecule has 1 aromatic carbocycles. The number of carbonyl (C=O) groups excluding carboxylic acids is 1. The molecule has 1 aliphatic rings. The van der Waals surface area contributed by atoms with Gasteiger partial charge in [0.05, 0.1) is 17.9 Å². The van der Waals surface area contributed by atoms with Crippen LogP contribution in [-0.2, 0) is 4.84 Å². The van der Waals surface area contributed by atoms with Gasteiger partial charge in [-0.3, -0.25) is 9.63 Å². The maximum atomic E-state index is 12.0. The molecule has 0 aliphatic carbocycles. The Balaban J connectivity index is 2.05. The highest BCUT2D eigenvalue weighted by molar-refractivity contribution is 6.07. The van der Waals surface area contributed by atoms with Crippen molar-refractivity contribution in [3.63, 3.8) is 0 Å². The van der Waals surface area contributed by atoms with Crippen molar-refractivity contribution in [1.29, 1.82) is 0 Å². The fourth-order valence-electron chi connectivity index (χ4n) is 1.78. The minimum atomic E-state index is -0.135. The minimum absolute atomic E-state index is 0.135. The molecule has 3 nitrogen and oxygen atoms in total. The second kappa shape index (κ2) is 4.97. The van der Waals surface area contributed by atoms with E-state index in [2.05, 4.69) is 13.2 Å². The normalized spacial score (nSPS) is 14.0. The topological polar surface area (TPSA) is 29.5 Å². The zero-order valence-corrected chi connectivity index (χ0v) is 9.69. The highest BCUT2D eigenvalue weighted by Crippen LogP contribution is 2.31. The molecular formula is C14H15NO2. The average molecular weight is 229 g/mol. The van der Waals surface area contributed by atoms with Crippen molar-refractivity contribution in [2.24, 2.45) is 0 Å². The number of unbranched alkanes of at least 4 members (excludes halogenated alkanes) is 1. The van der Waals surface area contributed by atoms with Crippen LogP contribution in [0.2, 0.25) is 0 Å². The van der Waals surface area contributed by atoms with Gasteiger partial charge < -0.3 is 0 Å². The number of hydroxylamine groups is 2. The fourth-order valence-corrected chi connectivity index (χ4v) is 1.78. The molecule has 2 rings (SSSR count). The first kappa shape index (κ1) is 11.6. The Morgan fingerprint density at radius 3 is 2.65 bits per heavy atom. The Morgan fingerprint density at radius 1 is 1.29 bits per heavy atom. The van der Waals surface area contributed by atoms with Gasteiger partial charge in [-0.15, -0.1) is 6.58 Å². The monoisotopic (exact) mass is 229 g/mol. The standard InChI is InChI=1S/C14H15NO2/c1-3-4-7-10-17-15-11(2)12-8-5-6-9-13(12)14(15)16/h3,5-6,8-9H,1-2,4,7,10H2. The first-order valence-electron chi connectivity index (χ1n) is 5.62. The lowest BCUT2D eigenvalue weighted by atomic mass is 10.1. The molecule has 0 spiro atoms. The van der Waals surface area contributed by atoms with Gasteiger partial charge in [0.2, 0.25) is 0 Å². The summed E-state index contributed by atoms with van der Waals surface area (Å²) >= 11 is 0. The predicted octanol–water partition coefficient (Wildman–Crippen LogP) is 3.01. The summed E-state index contributed by atoms with van der Waals surface area (Å²) in [6.45, 7) is 8.02. The summed E-state index contributed by atoms with van der Waals surface area (Å²) in [6.07, 6.45) is 3.55. The van der Waals surface area contributed by atoms with E-state index in [9.17, 15) is 4.79 Å². The number of rotatable bonds is 5. The lowest BCUT2D eigenvalue weighted by molar-refractivity contribution is -0.0771. The van der Waals surface area contributed by atoms with E-state index in [1.54, 1.807) is 6.07 Å². The van der Waals surface area contributed by atoms with Crippen LogP contribution < -0.4 is 0 Å². The zero-order valence-electron chi connectivity index (χ0n) is 9.69. The van der Waals surface area contributed by atoms with Gasteiger partial charge in [-0.25, -0.2) is 0 Å². The van der Waals surface area contributed by atoms with Crippen LogP contribution in [0.4, 0.5) is 0 Å². The second-order valence-electron chi connectivity index (χ2n) is 3.86. The van der Waals surface area contributed by atoms with Crippen LogP contribution in [-0.4, -0.2) is 17.6 Å². The molecule has 0 unspecified atom stereocenters. The van der Waals surface area contributed by atoms with Crippen molar-refractivity contribution >= 4 is 11.6 Å². The molecule has 1 heterocycles. The molecule has 3 heteroatoms. The van der Waals surface area contributed by atoms with Crippen molar-refractivity contribution in [1.82, 2.24) is 5.06 Å². The molecule has 0 fully saturated rings. The number of fused-ring (bicyclic) bond motifs is 1. The average Bonchev–Trinajstić information content (AvgIpc) is 2.60. The van der Waals surface area contributed by atoms with E-state index < -0.39 is 0 Å². The van der Waals surface area contributed by atoms with E-state index in [1.807, 2.05) is 24.3 Å². The van der Waals surface area contributed by atoms with Crippen LogP contribution in [0.15, 0.2) is 43.5 Å². The lowest BCUT2D eigenvalue weighted by Crippen LogP contribution is -2.23. The Labute approximate surface area is 101 Å². The summed E-state index contributed by atoms with van der Waals surface area (Å²) < 4.78 is 0. The Morgan fingerprint density at radius 2 is 2.00 bits per heavy atom. The molecule has 1 aliphatic heterocycles. The van der Waals surface area contributed by atoms with E-state index >= 15 is 0 Å². The molecule has 88 valence electrons. The summed E-state index contributed by atoms with van der Waals surface area (Å²) in [5.41, 5.74) is 2.12. The lowest BCUT2D eigenvalue weighted by Gasteiger charge is -2.16. The number of hydrogen-bond donors (Lipinski definition) is 0. The third-order valence-electron chi connectivity index (χ3n) is 2.67. The molecule has 17 heavy (non-hydrogen) atoms. The van der Waals surface area contributed by atoms with Crippen LogP contribution >= 0.6 is 0 Å². The van der Waals surface area contributed by atoms with Crippen LogP contribution in [0.5, 0.6) is 0 Å². The summed E-state index contributed by atoms with van der Waals surface area (Å²) in [6, 6.07) is 7.39. The molecule has 0 saturated carbocycles. The van der Waals surface area contributed by atoms with E-state index in [0.29, 0.717) is 17.9 Å². The summed E-state index contributed by atoms with van der Waals surface area (Å²) in [5, 5.41) is 1.29. The van der Waals surface area contributed by atoms with E-state index in [-0.39, 0.29) is 5.91 Å². The van der Waals surface area contributed by atoms with Crippen molar-refractivity contribution < 1.29 is 9.63 Å². The molecule has 0 aromatic heterocycles. The molecule has 0 atom stereocenters. The maximum absolute atomic E-state index is 12.0. The predicted molar refractivity (Wildman–Crippen MR) is 67.0 cm³/mol. The zero-order chi connectivity index (χ0) is 12.3. The van der Waals surface area contributed by atoms with Gasteiger partial charge in [-0.1, -0.05) is 30.9 Å². The Bertz CT molecular complexity index is 430. The molecule has 1 aromatic rings. The van der Waals surface area contributed by atoms with Gasteiger partial charge in [-0.05, 0) is 18.9 Å². The van der Waals surface area contributed by atoms with Crippen LogP contribution in [0.1, 0.15) is 28.8 Å². The number of nitrogens with zero attached hydrogens (tertiary/aromatic N) is 1. The number of allylic oxidation sites excluding steroid dienone is 1. The van der Waals surface area contributed by atoms with Gasteiger partial charge in [-0.2, -0.15) is 5.06 Å². The molecular weight excluding hydrogens is 214 g/mol. The van der Waals surface area contributed by atoms with Crippen molar-refractivity contribution in [2.45, 2.75) is 12.8 Å². The first-order chi connectivity index (χ1) is 8.25. The van der Waals surface area contributed by atoms with E-state index in [0.717, 1.165) is 18.4 Å². The smallest absolute Gasteiger partial charge is 0.266 e. The molecule has 0 radical (unpaired) electrons. The number of hydrogen-bond acceptors (Lipinski definition) is 2. The molecule has 1 amide bonds. The second-order valence-corrected chi connectivity index (χ2v) is 3.86. The van der Waals surface area contributed by atoms with Crippen molar-refractivity contribution in [3.05, 3.63) is 54.6 Å². The highest BCUT2D eigenvalue weighted by atomic mass is 16.7. The summed E-state index contributed by atoms with van der Waals surface area (Å²) in [5.74, 6) is -0.135. The van der Waals surface area contributed by atoms with Gasteiger partial charge >= 0.3 is 0 Å². The van der Waals surface area contributed by atoms with Gasteiger partial charge in [0, 0.05) is 5.56 Å². The fraction of sp³-hybridized carbons (Fsp3) is 0.214. The van der Waals surface area contributed by atoms with E-state index in [1.165, 1.54) is 5.06 Å². The Hall–Kier alpha value is -1.87. The Kier molecular flexibility index (Phi) is 3.40. The van der Waals surface area contributed by atoms with Crippen LogP contribution in [0.25, 0.3) is 5.70 Å². The number of carbonyl (C=O) groups is 1. The molecule has 0 saturated heterocycles. The van der Waals surface area contributed by atoms with Crippen molar-refractivity contribution in [2.75, 3.05) is 6.61 Å². The van der Waals surface area contributed by atoms with Crippen LogP contribution in [0.3, 0.4) is 0 Å². The summed E-state index contributed by atoms with van der Waals surface area (Å²) in [4.78, 5) is 17.4. The van der Waals surface area contributed by atoms with Gasteiger partial charge in [0.1, 0.15) is 0 Å². The number of benzene rings is 1. The number of amides is 1. The highest BCUT2D eigenvalue weighted by Gasteiger charge is 2.31. The SMILES string of the molecule is C=CCCCON1C(=C)c2ccccc2C1=O. The van der Waals surface area contributed by atoms with Gasteiger partial charge in [0.25, 0.3) is 5.91 Å². The molecule has 0 bridgehead atoms. The van der Waals surface area contributed by atoms with Gasteiger partial charge in [0.15, 0.2) is 0 Å². The van der Waals surface area contributed by atoms with Crippen LogP contribution in [0, 0.1) is 0 Å². The first-order valence-corrected chi connectivity index (χ1v) is 5.62. The molecule has 0 N–H and O–H groups in total. The van der Waals surface area contributed by atoms with E-state index in [4.69, 9.17) is 4.84 Å². The summed E-state index contributed by atoms with van der Waals surface area (Å²) in [7, 11) is 0. The minimum Gasteiger partial charge on any atom is -0.266 e. The maximum Gasteiger partial charge on any atom is 0.282 e. The van der Waals surface area contributed by atoms with Crippen molar-refractivity contribution in [3.8, 4) is 0 Å². The quantitative estimate of drug-likeness (QED) is 0.573.